The topological polar surface area (TPSA) is 55.1 Å². The Balaban J connectivity index is 2.40. The molecule has 0 radical (unpaired) electrons. The highest BCUT2D eigenvalue weighted by molar-refractivity contribution is 5.79. The number of nitrogens with one attached hydrogen (secondary N) is 1. The van der Waals surface area contributed by atoms with Gasteiger partial charge in [-0.25, -0.2) is 0 Å². The third kappa shape index (κ3) is 4.66. The van der Waals surface area contributed by atoms with E-state index in [1.807, 2.05) is 0 Å². The Morgan fingerprint density at radius 2 is 2.06 bits per heavy atom. The molecule has 3 unspecified atom stereocenters. The van der Waals surface area contributed by atoms with Gasteiger partial charge < -0.3 is 11.1 Å². The van der Waals surface area contributed by atoms with E-state index in [4.69, 9.17) is 5.73 Å². The zero-order valence-corrected chi connectivity index (χ0v) is 11.5. The van der Waals surface area contributed by atoms with Crippen LogP contribution in [0.5, 0.6) is 0 Å². The van der Waals surface area contributed by atoms with Crippen LogP contribution in [0, 0.1) is 17.8 Å². The highest BCUT2D eigenvalue weighted by Gasteiger charge is 2.27. The Kier molecular flexibility index (Phi) is 5.96. The molecule has 0 bridgehead atoms. The van der Waals surface area contributed by atoms with Crippen molar-refractivity contribution < 1.29 is 4.79 Å². The maximum atomic E-state index is 12.1. The summed E-state index contributed by atoms with van der Waals surface area (Å²) in [7, 11) is 0. The molecule has 1 amide bonds. The molecule has 0 saturated heterocycles. The van der Waals surface area contributed by atoms with Crippen LogP contribution in [0.1, 0.15) is 52.9 Å². The van der Waals surface area contributed by atoms with Crippen molar-refractivity contribution in [3.05, 3.63) is 0 Å². The van der Waals surface area contributed by atoms with Crippen molar-refractivity contribution in [2.75, 3.05) is 6.54 Å². The molecule has 1 fully saturated rings. The Hall–Kier alpha value is -0.570. The van der Waals surface area contributed by atoms with Crippen molar-refractivity contribution in [2.45, 2.75) is 58.9 Å². The number of carbonyl (C=O) groups is 1. The average molecular weight is 240 g/mol. The predicted molar refractivity (Wildman–Crippen MR) is 71.6 cm³/mol. The lowest BCUT2D eigenvalue weighted by Crippen LogP contribution is -2.41. The molecule has 1 aliphatic rings. The van der Waals surface area contributed by atoms with Gasteiger partial charge in [0.2, 0.25) is 5.91 Å². The molecular formula is C14H28N2O. The van der Waals surface area contributed by atoms with Crippen molar-refractivity contribution in [3.63, 3.8) is 0 Å². The van der Waals surface area contributed by atoms with Gasteiger partial charge in [0.05, 0.1) is 0 Å². The Labute approximate surface area is 106 Å². The molecule has 1 aliphatic carbocycles. The van der Waals surface area contributed by atoms with Crippen LogP contribution in [-0.2, 0) is 4.79 Å². The minimum absolute atomic E-state index is 0.224. The number of nitrogens with two attached hydrogens (primary N) is 1. The molecule has 3 heteroatoms. The fraction of sp³-hybridized carbons (Fsp3) is 0.929. The van der Waals surface area contributed by atoms with Gasteiger partial charge in [-0.2, -0.15) is 0 Å². The van der Waals surface area contributed by atoms with E-state index in [0.29, 0.717) is 11.8 Å². The average Bonchev–Trinajstić information content (AvgIpc) is 2.29. The molecule has 0 spiro atoms. The van der Waals surface area contributed by atoms with Crippen LogP contribution in [0.3, 0.4) is 0 Å². The predicted octanol–water partition coefficient (Wildman–Crippen LogP) is 2.30. The first-order valence-electron chi connectivity index (χ1n) is 7.05. The Morgan fingerprint density at radius 1 is 1.35 bits per heavy atom. The summed E-state index contributed by atoms with van der Waals surface area (Å²) >= 11 is 0. The molecule has 0 aromatic rings. The largest absolute Gasteiger partial charge is 0.353 e. The van der Waals surface area contributed by atoms with Crippen molar-refractivity contribution in [2.24, 2.45) is 23.5 Å². The number of carbonyl (C=O) groups excluding carboxylic acids is 1. The zero-order chi connectivity index (χ0) is 12.8. The zero-order valence-electron chi connectivity index (χ0n) is 11.5. The molecule has 0 heterocycles. The van der Waals surface area contributed by atoms with Gasteiger partial charge in [0.25, 0.3) is 0 Å². The Morgan fingerprint density at radius 3 is 2.65 bits per heavy atom. The normalized spacial score (nSPS) is 26.9. The highest BCUT2D eigenvalue weighted by Crippen LogP contribution is 2.31. The minimum atomic E-state index is 0.224. The lowest BCUT2D eigenvalue weighted by atomic mass is 9.79. The van der Waals surface area contributed by atoms with Crippen LogP contribution in [-0.4, -0.2) is 18.5 Å². The first-order valence-corrected chi connectivity index (χ1v) is 7.05. The lowest BCUT2D eigenvalue weighted by molar-refractivity contribution is -0.127. The van der Waals surface area contributed by atoms with Crippen LogP contribution >= 0.6 is 0 Å². The van der Waals surface area contributed by atoms with E-state index in [1.165, 1.54) is 12.8 Å². The SMILES string of the molecule is CC(C)C(C)NC(=O)C1CCCC(CCN)C1. The van der Waals surface area contributed by atoms with Gasteiger partial charge >= 0.3 is 0 Å². The quantitative estimate of drug-likeness (QED) is 0.774. The monoisotopic (exact) mass is 240 g/mol. The van der Waals surface area contributed by atoms with E-state index in [0.717, 1.165) is 25.8 Å². The summed E-state index contributed by atoms with van der Waals surface area (Å²) in [6.45, 7) is 7.12. The smallest absolute Gasteiger partial charge is 0.223 e. The second-order valence-corrected chi connectivity index (χ2v) is 5.85. The summed E-state index contributed by atoms with van der Waals surface area (Å²) in [5.74, 6) is 1.65. The standard InChI is InChI=1S/C14H28N2O/c1-10(2)11(3)16-14(17)13-6-4-5-12(9-13)7-8-15/h10-13H,4-9,15H2,1-3H3,(H,16,17). The summed E-state index contributed by atoms with van der Waals surface area (Å²) in [5, 5.41) is 3.14. The molecule has 0 aromatic carbocycles. The summed E-state index contributed by atoms with van der Waals surface area (Å²) < 4.78 is 0. The molecule has 3 nitrogen and oxygen atoms in total. The van der Waals surface area contributed by atoms with E-state index in [-0.39, 0.29) is 17.9 Å². The van der Waals surface area contributed by atoms with E-state index in [9.17, 15) is 4.79 Å². The van der Waals surface area contributed by atoms with Gasteiger partial charge in [-0.05, 0) is 44.6 Å². The molecule has 1 rings (SSSR count). The van der Waals surface area contributed by atoms with E-state index in [2.05, 4.69) is 26.1 Å². The molecule has 1 saturated carbocycles. The van der Waals surface area contributed by atoms with Crippen molar-refractivity contribution in [1.82, 2.24) is 5.32 Å². The summed E-state index contributed by atoms with van der Waals surface area (Å²) in [6, 6.07) is 0.275. The highest BCUT2D eigenvalue weighted by atomic mass is 16.1. The Bertz CT molecular complexity index is 238. The number of hydrogen-bond donors (Lipinski definition) is 2. The van der Waals surface area contributed by atoms with Crippen LogP contribution in [0.4, 0.5) is 0 Å². The third-order valence-corrected chi connectivity index (χ3v) is 4.10. The van der Waals surface area contributed by atoms with Crippen LogP contribution in [0.25, 0.3) is 0 Å². The van der Waals surface area contributed by atoms with Gasteiger partial charge in [-0.3, -0.25) is 4.79 Å². The first-order chi connectivity index (χ1) is 8.04. The molecule has 0 aliphatic heterocycles. The molecule has 100 valence electrons. The van der Waals surface area contributed by atoms with Gasteiger partial charge in [0, 0.05) is 12.0 Å². The van der Waals surface area contributed by atoms with Crippen molar-refractivity contribution >= 4 is 5.91 Å². The van der Waals surface area contributed by atoms with Gasteiger partial charge in [-0.15, -0.1) is 0 Å². The second kappa shape index (κ2) is 7.00. The number of rotatable bonds is 5. The molecule has 3 N–H and O–H groups in total. The van der Waals surface area contributed by atoms with Gasteiger partial charge in [0.15, 0.2) is 0 Å². The molecular weight excluding hydrogens is 212 g/mol. The lowest BCUT2D eigenvalue weighted by Gasteiger charge is -2.29. The van der Waals surface area contributed by atoms with E-state index >= 15 is 0 Å². The summed E-state index contributed by atoms with van der Waals surface area (Å²) in [4.78, 5) is 12.1. The van der Waals surface area contributed by atoms with Crippen molar-refractivity contribution in [3.8, 4) is 0 Å². The maximum Gasteiger partial charge on any atom is 0.223 e. The van der Waals surface area contributed by atoms with E-state index in [1.54, 1.807) is 0 Å². The van der Waals surface area contributed by atoms with Crippen LogP contribution in [0.2, 0.25) is 0 Å². The van der Waals surface area contributed by atoms with Gasteiger partial charge in [0.1, 0.15) is 0 Å². The third-order valence-electron chi connectivity index (χ3n) is 4.10. The number of amides is 1. The first kappa shape index (κ1) is 14.5. The summed E-state index contributed by atoms with van der Waals surface area (Å²) in [6.07, 6.45) is 5.59. The fourth-order valence-electron chi connectivity index (χ4n) is 2.54. The summed E-state index contributed by atoms with van der Waals surface area (Å²) in [5.41, 5.74) is 5.60. The number of hydrogen-bond acceptors (Lipinski definition) is 2. The second-order valence-electron chi connectivity index (χ2n) is 5.85. The molecule has 3 atom stereocenters. The van der Waals surface area contributed by atoms with Crippen molar-refractivity contribution in [1.29, 1.82) is 0 Å². The van der Waals surface area contributed by atoms with Crippen LogP contribution < -0.4 is 11.1 Å². The van der Waals surface area contributed by atoms with Gasteiger partial charge in [-0.1, -0.05) is 26.7 Å². The fourth-order valence-corrected chi connectivity index (χ4v) is 2.54. The minimum Gasteiger partial charge on any atom is -0.353 e. The van der Waals surface area contributed by atoms with E-state index < -0.39 is 0 Å². The van der Waals surface area contributed by atoms with Crippen LogP contribution in [0.15, 0.2) is 0 Å². The molecule has 0 aromatic heterocycles. The molecule has 17 heavy (non-hydrogen) atoms. The maximum absolute atomic E-state index is 12.1.